The summed E-state index contributed by atoms with van der Waals surface area (Å²) >= 11 is 1.49. The minimum Gasteiger partial charge on any atom is -0.431 e. The topological polar surface area (TPSA) is 55.1 Å². The Labute approximate surface area is 168 Å². The molecule has 4 aromatic rings. The van der Waals surface area contributed by atoms with Crippen LogP contribution in [0.25, 0.3) is 11.1 Å². The van der Waals surface area contributed by atoms with Crippen LogP contribution in [0.1, 0.15) is 27.0 Å². The van der Waals surface area contributed by atoms with Gasteiger partial charge in [-0.15, -0.1) is 0 Å². The minimum atomic E-state index is -0.0722. The molecule has 0 aliphatic heterocycles. The number of carbonyl (C=O) groups excluding carboxylic acids is 1. The molecule has 1 heterocycles. The molecule has 140 valence electrons. The highest BCUT2D eigenvalue weighted by atomic mass is 32.2. The van der Waals surface area contributed by atoms with Crippen LogP contribution < -0.4 is 5.32 Å². The fourth-order valence-corrected chi connectivity index (χ4v) is 3.84. The quantitative estimate of drug-likeness (QED) is 0.452. The maximum absolute atomic E-state index is 12.7. The Bertz CT molecular complexity index is 1090. The van der Waals surface area contributed by atoms with Crippen molar-refractivity contribution in [3.8, 4) is 0 Å². The van der Waals surface area contributed by atoms with Gasteiger partial charge in [-0.3, -0.25) is 4.79 Å². The number of fused-ring (bicyclic) bond motifs is 1. The molecule has 0 aliphatic rings. The highest BCUT2D eigenvalue weighted by Crippen LogP contribution is 2.27. The molecule has 1 aromatic heterocycles. The standard InChI is InChI=1S/C23H20N2O2S/c1-16-8-2-3-9-17(16)14-24-22(26)19-11-5-4-10-18(19)15-28-23-25-20-12-6-7-13-21(20)27-23/h2-13H,14-15H2,1H3,(H,24,26). The summed E-state index contributed by atoms with van der Waals surface area (Å²) in [6, 6.07) is 23.4. The SMILES string of the molecule is Cc1ccccc1CNC(=O)c1ccccc1CSc1nc2ccccc2o1. The Balaban J connectivity index is 1.45. The molecule has 0 fully saturated rings. The van der Waals surface area contributed by atoms with Crippen LogP contribution in [0.3, 0.4) is 0 Å². The number of rotatable bonds is 6. The van der Waals surface area contributed by atoms with E-state index in [2.05, 4.69) is 10.3 Å². The van der Waals surface area contributed by atoms with Gasteiger partial charge in [0, 0.05) is 17.9 Å². The molecule has 3 aromatic carbocycles. The molecule has 0 aliphatic carbocycles. The maximum atomic E-state index is 12.7. The summed E-state index contributed by atoms with van der Waals surface area (Å²) in [5, 5.41) is 3.64. The van der Waals surface area contributed by atoms with Crippen molar-refractivity contribution in [3.05, 3.63) is 95.1 Å². The zero-order valence-electron chi connectivity index (χ0n) is 15.5. The van der Waals surface area contributed by atoms with Gasteiger partial charge >= 0.3 is 0 Å². The van der Waals surface area contributed by atoms with E-state index in [-0.39, 0.29) is 5.91 Å². The van der Waals surface area contributed by atoms with Crippen molar-refractivity contribution < 1.29 is 9.21 Å². The van der Waals surface area contributed by atoms with Crippen molar-refractivity contribution >= 4 is 28.8 Å². The van der Waals surface area contributed by atoms with Gasteiger partial charge < -0.3 is 9.73 Å². The molecular formula is C23H20N2O2S. The number of para-hydroxylation sites is 2. The summed E-state index contributed by atoms with van der Waals surface area (Å²) < 4.78 is 5.76. The molecule has 0 saturated heterocycles. The van der Waals surface area contributed by atoms with Crippen molar-refractivity contribution in [2.24, 2.45) is 0 Å². The van der Waals surface area contributed by atoms with Crippen molar-refractivity contribution in [3.63, 3.8) is 0 Å². The molecule has 4 nitrogen and oxygen atoms in total. The normalized spacial score (nSPS) is 10.9. The van der Waals surface area contributed by atoms with Gasteiger partial charge in [0.15, 0.2) is 5.58 Å². The Kier molecular flexibility index (Phi) is 5.44. The Hall–Kier alpha value is -3.05. The first kappa shape index (κ1) is 18.3. The first-order valence-corrected chi connectivity index (χ1v) is 10.1. The highest BCUT2D eigenvalue weighted by Gasteiger charge is 2.13. The molecule has 0 atom stereocenters. The maximum Gasteiger partial charge on any atom is 0.257 e. The molecule has 1 amide bonds. The zero-order chi connectivity index (χ0) is 19.3. The number of hydrogen-bond donors (Lipinski definition) is 1. The van der Waals surface area contributed by atoms with Gasteiger partial charge in [0.05, 0.1) is 0 Å². The van der Waals surface area contributed by atoms with Crippen molar-refractivity contribution in [2.75, 3.05) is 0 Å². The smallest absolute Gasteiger partial charge is 0.257 e. The van der Waals surface area contributed by atoms with E-state index in [1.165, 1.54) is 17.3 Å². The second-order valence-corrected chi connectivity index (χ2v) is 7.43. The number of aryl methyl sites for hydroxylation is 1. The highest BCUT2D eigenvalue weighted by molar-refractivity contribution is 7.98. The summed E-state index contributed by atoms with van der Waals surface area (Å²) in [5.41, 5.74) is 5.54. The lowest BCUT2D eigenvalue weighted by Gasteiger charge is -2.11. The van der Waals surface area contributed by atoms with E-state index in [0.717, 1.165) is 22.2 Å². The lowest BCUT2D eigenvalue weighted by Crippen LogP contribution is -2.24. The van der Waals surface area contributed by atoms with E-state index >= 15 is 0 Å². The zero-order valence-corrected chi connectivity index (χ0v) is 16.3. The lowest BCUT2D eigenvalue weighted by atomic mass is 10.1. The monoisotopic (exact) mass is 388 g/mol. The Morgan fingerprint density at radius 1 is 0.964 bits per heavy atom. The second kappa shape index (κ2) is 8.31. The summed E-state index contributed by atoms with van der Waals surface area (Å²) in [6.45, 7) is 2.56. The average molecular weight is 388 g/mol. The van der Waals surface area contributed by atoms with Gasteiger partial charge in [-0.25, -0.2) is 4.98 Å². The van der Waals surface area contributed by atoms with Gasteiger partial charge in [-0.2, -0.15) is 0 Å². The predicted octanol–water partition coefficient (Wildman–Crippen LogP) is 5.36. The largest absolute Gasteiger partial charge is 0.431 e. The predicted molar refractivity (Wildman–Crippen MR) is 112 cm³/mol. The van der Waals surface area contributed by atoms with Crippen LogP contribution in [0.15, 0.2) is 82.4 Å². The summed E-state index contributed by atoms with van der Waals surface area (Å²) in [6.07, 6.45) is 0. The van der Waals surface area contributed by atoms with E-state index in [9.17, 15) is 4.79 Å². The number of nitrogens with zero attached hydrogens (tertiary/aromatic N) is 1. The lowest BCUT2D eigenvalue weighted by molar-refractivity contribution is 0.0950. The van der Waals surface area contributed by atoms with Crippen LogP contribution in [0.2, 0.25) is 0 Å². The molecular weight excluding hydrogens is 368 g/mol. The Morgan fingerprint density at radius 3 is 2.50 bits per heavy atom. The number of thioether (sulfide) groups is 1. The third-order valence-corrected chi connectivity index (χ3v) is 5.46. The van der Waals surface area contributed by atoms with Gasteiger partial charge in [-0.05, 0) is 41.8 Å². The molecule has 1 N–H and O–H groups in total. The van der Waals surface area contributed by atoms with Gasteiger partial charge in [0.1, 0.15) is 5.52 Å². The molecule has 0 radical (unpaired) electrons. The van der Waals surface area contributed by atoms with E-state index < -0.39 is 0 Å². The van der Waals surface area contributed by atoms with Crippen LogP contribution in [0, 0.1) is 6.92 Å². The second-order valence-electron chi connectivity index (χ2n) is 6.50. The fraction of sp³-hybridized carbons (Fsp3) is 0.130. The van der Waals surface area contributed by atoms with Gasteiger partial charge in [0.25, 0.3) is 11.1 Å². The third-order valence-electron chi connectivity index (χ3n) is 4.59. The molecule has 28 heavy (non-hydrogen) atoms. The summed E-state index contributed by atoms with van der Waals surface area (Å²) in [4.78, 5) is 17.2. The summed E-state index contributed by atoms with van der Waals surface area (Å²) in [5.74, 6) is 0.540. The van der Waals surface area contributed by atoms with Crippen LogP contribution in [0.4, 0.5) is 0 Å². The molecule has 5 heteroatoms. The minimum absolute atomic E-state index is 0.0722. The van der Waals surface area contributed by atoms with Crippen LogP contribution in [-0.2, 0) is 12.3 Å². The number of carbonyl (C=O) groups is 1. The van der Waals surface area contributed by atoms with Gasteiger partial charge in [-0.1, -0.05) is 66.4 Å². The molecule has 4 rings (SSSR count). The fourth-order valence-electron chi connectivity index (χ4n) is 3.00. The number of benzene rings is 3. The number of hydrogen-bond acceptors (Lipinski definition) is 4. The first-order valence-electron chi connectivity index (χ1n) is 9.10. The number of aromatic nitrogens is 1. The van der Waals surface area contributed by atoms with Crippen molar-refractivity contribution in [1.29, 1.82) is 0 Å². The third kappa shape index (κ3) is 4.10. The van der Waals surface area contributed by atoms with E-state index in [4.69, 9.17) is 4.42 Å². The Morgan fingerprint density at radius 2 is 1.68 bits per heavy atom. The molecule has 0 unspecified atom stereocenters. The van der Waals surface area contributed by atoms with Crippen LogP contribution >= 0.6 is 11.8 Å². The summed E-state index contributed by atoms with van der Waals surface area (Å²) in [7, 11) is 0. The average Bonchev–Trinajstić information content (AvgIpc) is 3.15. The number of amides is 1. The number of nitrogens with one attached hydrogen (secondary N) is 1. The number of oxazole rings is 1. The molecule has 0 saturated carbocycles. The van der Waals surface area contributed by atoms with E-state index in [1.54, 1.807) is 0 Å². The van der Waals surface area contributed by atoms with Crippen LogP contribution in [0.5, 0.6) is 0 Å². The van der Waals surface area contributed by atoms with Crippen molar-refractivity contribution in [1.82, 2.24) is 10.3 Å². The van der Waals surface area contributed by atoms with E-state index in [1.807, 2.05) is 79.7 Å². The van der Waals surface area contributed by atoms with E-state index in [0.29, 0.717) is 23.1 Å². The molecule has 0 bridgehead atoms. The van der Waals surface area contributed by atoms with Crippen molar-refractivity contribution in [2.45, 2.75) is 24.4 Å². The van der Waals surface area contributed by atoms with Crippen LogP contribution in [-0.4, -0.2) is 10.9 Å². The van der Waals surface area contributed by atoms with Gasteiger partial charge in [0.2, 0.25) is 0 Å². The molecule has 0 spiro atoms. The first-order chi connectivity index (χ1) is 13.7.